The number of aromatic nitrogens is 2. The molecule has 3 heterocycles. The Labute approximate surface area is 222 Å². The van der Waals surface area contributed by atoms with Gasteiger partial charge in [-0.15, -0.1) is 0 Å². The first-order valence-corrected chi connectivity index (χ1v) is 16.9. The van der Waals surface area contributed by atoms with E-state index < -0.39 is 8.07 Å². The average molecular weight is 506 g/mol. The average Bonchev–Trinajstić information content (AvgIpc) is 3.20. The number of nitrogens with zero attached hydrogens (tertiary/aromatic N) is 2. The number of fused-ring (bicyclic) bond motifs is 5. The molecule has 190 valence electrons. The van der Waals surface area contributed by atoms with E-state index in [9.17, 15) is 0 Å². The second kappa shape index (κ2) is 8.56. The molecule has 0 bridgehead atoms. The van der Waals surface area contributed by atoms with Gasteiger partial charge in [0.2, 0.25) is 5.52 Å². The van der Waals surface area contributed by atoms with Gasteiger partial charge in [-0.05, 0) is 72.5 Å². The molecule has 0 saturated carbocycles. The predicted molar refractivity (Wildman–Crippen MR) is 165 cm³/mol. The molecule has 3 aromatic heterocycles. The zero-order valence-corrected chi connectivity index (χ0v) is 24.9. The molecule has 0 N–H and O–H groups in total. The third-order valence-electron chi connectivity index (χ3n) is 9.61. The van der Waals surface area contributed by atoms with E-state index in [2.05, 4.69) is 113 Å². The molecule has 2 nitrogen and oxygen atoms in total. The molecule has 0 atom stereocenters. The second-order valence-electron chi connectivity index (χ2n) is 12.0. The van der Waals surface area contributed by atoms with Crippen molar-refractivity contribution in [1.29, 1.82) is 0 Å². The number of hydrogen-bond donors (Lipinski definition) is 0. The lowest BCUT2D eigenvalue weighted by Crippen LogP contribution is -2.45. The number of pyridine rings is 2. The Balaban J connectivity index is 1.91. The number of aryl methyl sites for hydroxylation is 3. The lowest BCUT2D eigenvalue weighted by Gasteiger charge is -2.29. The van der Waals surface area contributed by atoms with E-state index in [4.69, 9.17) is 0 Å². The van der Waals surface area contributed by atoms with Crippen molar-refractivity contribution >= 4 is 62.3 Å². The summed E-state index contributed by atoms with van der Waals surface area (Å²) in [6.45, 7) is 16.5. The van der Waals surface area contributed by atoms with Gasteiger partial charge in [-0.2, -0.15) is 0 Å². The third kappa shape index (κ3) is 3.32. The van der Waals surface area contributed by atoms with Gasteiger partial charge >= 0.3 is 0 Å². The van der Waals surface area contributed by atoms with Gasteiger partial charge in [-0.1, -0.05) is 70.1 Å². The van der Waals surface area contributed by atoms with Gasteiger partial charge in [0.1, 0.15) is 7.05 Å². The van der Waals surface area contributed by atoms with Crippen LogP contribution in [-0.4, -0.2) is 12.5 Å². The molecule has 6 rings (SSSR count). The van der Waals surface area contributed by atoms with E-state index in [1.165, 1.54) is 83.8 Å². The maximum atomic E-state index is 2.63. The highest BCUT2D eigenvalue weighted by molar-refractivity contribution is 6.92. The van der Waals surface area contributed by atoms with Crippen LogP contribution in [0.25, 0.3) is 49.0 Å². The topological polar surface area (TPSA) is 8.29 Å². The van der Waals surface area contributed by atoms with Crippen LogP contribution >= 0.6 is 0 Å². The van der Waals surface area contributed by atoms with Crippen molar-refractivity contribution in [2.75, 3.05) is 0 Å². The highest BCUT2D eigenvalue weighted by Crippen LogP contribution is 2.42. The monoisotopic (exact) mass is 505 g/mol. The van der Waals surface area contributed by atoms with Crippen molar-refractivity contribution in [2.24, 2.45) is 13.0 Å². The molecule has 0 fully saturated rings. The van der Waals surface area contributed by atoms with Crippen LogP contribution in [0, 0.1) is 19.8 Å². The van der Waals surface area contributed by atoms with Gasteiger partial charge in [-0.25, -0.2) is 4.57 Å². The first-order valence-electron chi connectivity index (χ1n) is 14.3. The largest absolute Gasteiger partial charge is 0.307 e. The molecule has 0 amide bonds. The van der Waals surface area contributed by atoms with E-state index in [1.54, 1.807) is 5.19 Å². The Hall–Kier alpha value is -2.91. The van der Waals surface area contributed by atoms with Gasteiger partial charge in [0.25, 0.3) is 0 Å². The molecule has 3 aromatic carbocycles. The summed E-state index contributed by atoms with van der Waals surface area (Å²) < 4.78 is 4.99. The van der Waals surface area contributed by atoms with Gasteiger partial charge < -0.3 is 4.40 Å². The van der Waals surface area contributed by atoms with E-state index in [1.807, 2.05) is 0 Å². The summed E-state index contributed by atoms with van der Waals surface area (Å²) in [7, 11) is 0.670. The maximum absolute atomic E-state index is 2.63. The van der Waals surface area contributed by atoms with E-state index in [0.717, 1.165) is 6.42 Å². The molecule has 3 heteroatoms. The first-order chi connectivity index (χ1) is 17.7. The molecule has 0 aliphatic rings. The van der Waals surface area contributed by atoms with E-state index in [-0.39, 0.29) is 0 Å². The SMILES string of the molecule is CC[Si](CC)(CC)c1cc2cc[n+](C)c3c4c(C)c(C)cc5c6cc(CC(C)C)ccc6n(c(c1)c23)c54. The molecular weight excluding hydrogens is 464 g/mol. The van der Waals surface area contributed by atoms with Crippen molar-refractivity contribution in [2.45, 2.75) is 73.0 Å². The summed E-state index contributed by atoms with van der Waals surface area (Å²) in [5.41, 5.74) is 9.72. The van der Waals surface area contributed by atoms with Crippen molar-refractivity contribution in [3.8, 4) is 0 Å². The van der Waals surface area contributed by atoms with Crippen LogP contribution in [0.15, 0.2) is 48.7 Å². The minimum Gasteiger partial charge on any atom is -0.307 e. The Morgan fingerprint density at radius 1 is 0.838 bits per heavy atom. The summed E-state index contributed by atoms with van der Waals surface area (Å²) in [5.74, 6) is 0.649. The second-order valence-corrected chi connectivity index (χ2v) is 17.2. The minimum absolute atomic E-state index is 0.649. The normalized spacial score (nSPS) is 13.0. The fourth-order valence-corrected chi connectivity index (χ4v) is 10.8. The van der Waals surface area contributed by atoms with E-state index >= 15 is 0 Å². The molecule has 0 saturated heterocycles. The van der Waals surface area contributed by atoms with Crippen LogP contribution in [0.3, 0.4) is 0 Å². The highest BCUT2D eigenvalue weighted by Gasteiger charge is 2.32. The zero-order chi connectivity index (χ0) is 26.2. The van der Waals surface area contributed by atoms with Gasteiger partial charge in [0, 0.05) is 16.8 Å². The number of rotatable bonds is 6. The summed E-state index contributed by atoms with van der Waals surface area (Å²) >= 11 is 0. The van der Waals surface area contributed by atoms with Crippen molar-refractivity contribution in [3.63, 3.8) is 0 Å². The quantitative estimate of drug-likeness (QED) is 0.0930. The Kier molecular flexibility index (Phi) is 5.65. The van der Waals surface area contributed by atoms with Crippen molar-refractivity contribution in [3.05, 3.63) is 65.4 Å². The molecule has 0 aliphatic heterocycles. The zero-order valence-electron chi connectivity index (χ0n) is 23.9. The van der Waals surface area contributed by atoms with Crippen molar-refractivity contribution in [1.82, 2.24) is 4.40 Å². The molecular formula is C34H41N2Si+. The predicted octanol–water partition coefficient (Wildman–Crippen LogP) is 8.35. The van der Waals surface area contributed by atoms with Gasteiger partial charge in [-0.3, -0.25) is 0 Å². The standard InChI is InChI=1S/C34H41N2Si/c1-9-37(10-2,11-3)26-19-25-14-15-35(8)34-31-23(7)22(6)17-28-27-18-24(16-21(4)5)12-13-29(27)36(33(28)31)30(20-26)32(25)34/h12-15,17-21H,9-11,16H2,1-8H3/q+1. The molecule has 0 unspecified atom stereocenters. The van der Waals surface area contributed by atoms with Crippen LogP contribution < -0.4 is 9.75 Å². The van der Waals surface area contributed by atoms with Crippen LogP contribution in [0.4, 0.5) is 0 Å². The lowest BCUT2D eigenvalue weighted by molar-refractivity contribution is -0.643. The Morgan fingerprint density at radius 2 is 1.57 bits per heavy atom. The van der Waals surface area contributed by atoms with Crippen LogP contribution in [-0.2, 0) is 13.5 Å². The molecule has 0 spiro atoms. The summed E-state index contributed by atoms with van der Waals surface area (Å²) in [6, 6.07) is 21.1. The van der Waals surface area contributed by atoms with Crippen LogP contribution in [0.2, 0.25) is 18.1 Å². The third-order valence-corrected chi connectivity index (χ3v) is 15.2. The van der Waals surface area contributed by atoms with E-state index in [0.29, 0.717) is 5.92 Å². The summed E-state index contributed by atoms with van der Waals surface area (Å²) in [6.07, 6.45) is 3.40. The fourth-order valence-electron chi connectivity index (χ4n) is 7.22. The smallest absolute Gasteiger partial charge is 0.224 e. The maximum Gasteiger partial charge on any atom is 0.224 e. The Morgan fingerprint density at radius 3 is 2.24 bits per heavy atom. The molecule has 6 aromatic rings. The van der Waals surface area contributed by atoms with Crippen LogP contribution in [0.1, 0.15) is 51.3 Å². The number of benzene rings is 3. The van der Waals surface area contributed by atoms with Gasteiger partial charge in [0.05, 0.1) is 35.4 Å². The first kappa shape index (κ1) is 24.4. The van der Waals surface area contributed by atoms with Crippen molar-refractivity contribution < 1.29 is 4.57 Å². The lowest BCUT2D eigenvalue weighted by atomic mass is 9.96. The molecule has 37 heavy (non-hydrogen) atoms. The van der Waals surface area contributed by atoms with Crippen LogP contribution in [0.5, 0.6) is 0 Å². The van der Waals surface area contributed by atoms with Gasteiger partial charge in [0.15, 0.2) is 6.20 Å². The fraction of sp³-hybridized carbons (Fsp3) is 0.382. The highest BCUT2D eigenvalue weighted by atomic mass is 28.3. The summed E-state index contributed by atoms with van der Waals surface area (Å²) in [5, 5.41) is 8.64. The minimum atomic E-state index is -1.55. The molecule has 0 aliphatic carbocycles. The number of hydrogen-bond acceptors (Lipinski definition) is 0. The Bertz CT molecular complexity index is 1810. The molecule has 0 radical (unpaired) electrons. The summed E-state index contributed by atoms with van der Waals surface area (Å²) in [4.78, 5) is 0.